The van der Waals surface area contributed by atoms with Gasteiger partial charge in [-0.2, -0.15) is 0 Å². The van der Waals surface area contributed by atoms with Gasteiger partial charge in [-0.3, -0.25) is 9.59 Å². The van der Waals surface area contributed by atoms with Gasteiger partial charge in [0.2, 0.25) is 0 Å². The van der Waals surface area contributed by atoms with Crippen molar-refractivity contribution in [3.05, 3.63) is 48.2 Å². The number of methoxy groups -OCH3 is 3. The Morgan fingerprint density at radius 1 is 0.844 bits per heavy atom. The minimum atomic E-state index is -0.698. The summed E-state index contributed by atoms with van der Waals surface area (Å²) in [5.74, 6) is -1.28. The average molecular weight is 890 g/mol. The molecular formula is C49H71N5O10. The number of hydrogen-bond donors (Lipinski definition) is 1. The Labute approximate surface area is 378 Å². The number of carbonyl (C=O) groups is 2. The number of benzene rings is 1. The van der Waals surface area contributed by atoms with E-state index in [1.54, 1.807) is 21.3 Å². The Balaban J connectivity index is 1.13. The van der Waals surface area contributed by atoms with Crippen molar-refractivity contribution in [1.82, 2.24) is 19.9 Å². The number of fused-ring (bicyclic) bond motifs is 5. The molecule has 4 unspecified atom stereocenters. The summed E-state index contributed by atoms with van der Waals surface area (Å²) in [5, 5.41) is 9.32. The minimum Gasteiger partial charge on any atom is -0.462 e. The average Bonchev–Trinajstić information content (AvgIpc) is 4.02. The maximum Gasteiger partial charge on any atom is 0.306 e. The van der Waals surface area contributed by atoms with E-state index in [-0.39, 0.29) is 78.5 Å². The molecule has 3 saturated heterocycles. The van der Waals surface area contributed by atoms with Crippen molar-refractivity contribution in [1.29, 1.82) is 0 Å². The molecule has 1 saturated carbocycles. The van der Waals surface area contributed by atoms with Crippen LogP contribution in [0.1, 0.15) is 85.5 Å². The van der Waals surface area contributed by atoms with Gasteiger partial charge in [0.05, 0.1) is 37.0 Å². The van der Waals surface area contributed by atoms with Crippen LogP contribution < -0.4 is 5.73 Å². The zero-order valence-corrected chi connectivity index (χ0v) is 39.2. The normalized spacial score (nSPS) is 39.5. The van der Waals surface area contributed by atoms with Crippen LogP contribution in [0.4, 0.5) is 5.69 Å². The fraction of sp³-hybridized carbons (Fsp3) is 0.714. The van der Waals surface area contributed by atoms with Crippen LogP contribution in [0, 0.1) is 35.5 Å². The van der Waals surface area contributed by atoms with E-state index in [2.05, 4.69) is 50.1 Å². The molecule has 2 N–H and O–H groups in total. The number of likely N-dealkylation sites (N-methyl/N-ethyl adjacent to an activating group) is 1. The molecule has 3 aliphatic heterocycles. The third kappa shape index (κ3) is 9.51. The molecule has 4 fully saturated rings. The number of Topliss-reactive ketones (excluding diaryl/α,β-unsaturated/α-hetero) is 1. The molecule has 352 valence electrons. The number of nitrogens with zero attached hydrogens (tertiary/aromatic N) is 4. The number of hydrogen-bond acceptors (Lipinski definition) is 14. The fourth-order valence-electron chi connectivity index (χ4n) is 11.9. The predicted octanol–water partition coefficient (Wildman–Crippen LogP) is 6.31. The van der Waals surface area contributed by atoms with E-state index in [0.717, 1.165) is 30.5 Å². The Bertz CT molecular complexity index is 1990. The van der Waals surface area contributed by atoms with Crippen LogP contribution in [0.25, 0.3) is 17.0 Å². The third-order valence-corrected chi connectivity index (χ3v) is 15.3. The van der Waals surface area contributed by atoms with Gasteiger partial charge in [0.15, 0.2) is 18.4 Å². The number of esters is 1. The van der Waals surface area contributed by atoms with Crippen molar-refractivity contribution < 1.29 is 47.5 Å². The van der Waals surface area contributed by atoms with Crippen molar-refractivity contribution in [3.63, 3.8) is 0 Å². The van der Waals surface area contributed by atoms with Gasteiger partial charge in [0.1, 0.15) is 30.1 Å². The maximum atomic E-state index is 15.2. The summed E-state index contributed by atoms with van der Waals surface area (Å²) in [4.78, 5) is 31.4. The van der Waals surface area contributed by atoms with Crippen molar-refractivity contribution in [2.24, 2.45) is 35.5 Å². The van der Waals surface area contributed by atoms with Crippen LogP contribution >= 0.6 is 0 Å². The van der Waals surface area contributed by atoms with Gasteiger partial charge >= 0.3 is 5.97 Å². The van der Waals surface area contributed by atoms with Gasteiger partial charge in [0.25, 0.3) is 0 Å². The number of anilines is 1. The second-order valence-electron chi connectivity index (χ2n) is 19.3. The van der Waals surface area contributed by atoms with Crippen LogP contribution in [0.3, 0.4) is 0 Å². The summed E-state index contributed by atoms with van der Waals surface area (Å²) in [6.45, 7) is 8.12. The van der Waals surface area contributed by atoms with E-state index in [1.165, 1.54) is 0 Å². The molecule has 1 aromatic carbocycles. The summed E-state index contributed by atoms with van der Waals surface area (Å²) < 4.78 is 52.4. The lowest BCUT2D eigenvalue weighted by Gasteiger charge is -2.44. The molecule has 6 aliphatic rings. The molecule has 1 aromatic heterocycles. The molecule has 15 nitrogen and oxygen atoms in total. The van der Waals surface area contributed by atoms with Crippen LogP contribution in [0.15, 0.2) is 48.2 Å². The summed E-state index contributed by atoms with van der Waals surface area (Å²) in [6, 6.07) is 7.89. The SMILES string of the molecule is CC[C@H]1CCC[C@H](O[C@H]2CC[C@H](N(C)C)C(C)O2)[C@@H](C)C(=O)C2=C[C@@H]3[C@@H](C=C(n4cc(-c5ccc(N)cc5)nn4)[C@@H]4C[C@@H](O[C@@H]5OC(C)[C@H](OC)C(OC)C5OC)C[C@@H]34)[C@@H]2CC(=O)O1. The quantitative estimate of drug-likeness (QED) is 0.197. The molecular weight excluding hydrogens is 819 g/mol. The van der Waals surface area contributed by atoms with Crippen molar-refractivity contribution in [3.8, 4) is 11.3 Å². The van der Waals surface area contributed by atoms with E-state index < -0.39 is 36.6 Å². The highest BCUT2D eigenvalue weighted by Gasteiger charge is 2.55. The zero-order chi connectivity index (χ0) is 45.4. The number of nitrogen functional groups attached to an aromatic ring is 1. The lowest BCUT2D eigenvalue weighted by atomic mass is 9.69. The summed E-state index contributed by atoms with van der Waals surface area (Å²) in [7, 11) is 9.11. The molecule has 64 heavy (non-hydrogen) atoms. The second kappa shape index (κ2) is 20.1. The van der Waals surface area contributed by atoms with Gasteiger partial charge in [0, 0.05) is 62.1 Å². The predicted molar refractivity (Wildman–Crippen MR) is 239 cm³/mol. The Morgan fingerprint density at radius 2 is 1.59 bits per heavy atom. The van der Waals surface area contributed by atoms with Crippen LogP contribution in [0.2, 0.25) is 0 Å². The molecule has 8 rings (SSSR count). The number of rotatable bonds is 11. The zero-order valence-electron chi connectivity index (χ0n) is 39.2. The van der Waals surface area contributed by atoms with Crippen LogP contribution in [-0.4, -0.2) is 135 Å². The maximum absolute atomic E-state index is 15.2. The molecule has 4 heterocycles. The molecule has 0 bridgehead atoms. The molecule has 0 spiro atoms. The van der Waals surface area contributed by atoms with Gasteiger partial charge in [-0.1, -0.05) is 43.3 Å². The molecule has 0 amide bonds. The van der Waals surface area contributed by atoms with Gasteiger partial charge in [-0.15, -0.1) is 5.10 Å². The standard InChI is InChI=1S/C49H71N5O10/c1-10-31-12-11-13-42(64-44-19-18-40(53(5)6)27(3)60-44)26(2)45(56)38-22-34-33-20-32(63-49-48(59-9)47(58-8)46(57-7)28(4)61-49)21-37(33)41(23-35(34)36(38)24-43(55)62-31)54-25-39(51-52-54)29-14-16-30(50)17-15-29/h14-17,22-23,25-28,31-37,40,42,44,46-49H,10-13,18-21,24,50H2,1-9H3/t26-,27?,28?,31+,32+,33+,34+,35-,36+,37-,40+,42+,44+,46+,47?,48?,49+/m1/s1. The molecule has 3 aliphatic carbocycles. The van der Waals surface area contributed by atoms with E-state index >= 15 is 4.79 Å². The van der Waals surface area contributed by atoms with Gasteiger partial charge in [-0.25, -0.2) is 4.68 Å². The largest absolute Gasteiger partial charge is 0.462 e. The lowest BCUT2D eigenvalue weighted by Crippen LogP contribution is -2.59. The fourth-order valence-corrected chi connectivity index (χ4v) is 11.9. The number of ether oxygens (including phenoxy) is 8. The first kappa shape index (κ1) is 47.0. The number of cyclic esters (lactones) is 1. The Morgan fingerprint density at radius 3 is 2.28 bits per heavy atom. The number of aromatic nitrogens is 3. The summed E-state index contributed by atoms with van der Waals surface area (Å²) >= 11 is 0. The van der Waals surface area contributed by atoms with Crippen molar-refractivity contribution in [2.75, 3.05) is 41.2 Å². The van der Waals surface area contributed by atoms with Gasteiger partial charge in [-0.05, 0) is 115 Å². The van der Waals surface area contributed by atoms with Crippen LogP contribution in [-0.2, 0) is 47.5 Å². The highest BCUT2D eigenvalue weighted by Crippen LogP contribution is 2.57. The lowest BCUT2D eigenvalue weighted by molar-refractivity contribution is -0.314. The smallest absolute Gasteiger partial charge is 0.306 e. The first-order chi connectivity index (χ1) is 30.8. The highest BCUT2D eigenvalue weighted by atomic mass is 16.7. The number of allylic oxidation sites excluding steroid dienone is 4. The first-order valence-electron chi connectivity index (χ1n) is 23.6. The number of carbonyl (C=O) groups excluding carboxylic acids is 2. The van der Waals surface area contributed by atoms with E-state index in [1.807, 2.05) is 49.0 Å². The monoisotopic (exact) mass is 890 g/mol. The molecule has 2 aromatic rings. The molecule has 15 heteroatoms. The minimum absolute atomic E-state index is 0.00206. The van der Waals surface area contributed by atoms with Gasteiger partial charge < -0.3 is 48.5 Å². The summed E-state index contributed by atoms with van der Waals surface area (Å²) in [5.41, 5.74) is 9.96. The second-order valence-corrected chi connectivity index (χ2v) is 19.3. The topological polar surface area (TPSA) is 168 Å². The van der Waals surface area contributed by atoms with E-state index in [9.17, 15) is 4.79 Å². The Hall–Kier alpha value is -3.54. The third-order valence-electron chi connectivity index (χ3n) is 15.3. The summed E-state index contributed by atoms with van der Waals surface area (Å²) in [6.07, 6.45) is 8.96. The van der Waals surface area contributed by atoms with E-state index in [4.69, 9.17) is 48.8 Å². The van der Waals surface area contributed by atoms with Crippen molar-refractivity contribution >= 4 is 23.1 Å². The van der Waals surface area contributed by atoms with Crippen LogP contribution in [0.5, 0.6) is 0 Å². The first-order valence-corrected chi connectivity index (χ1v) is 23.6. The Kier molecular flexibility index (Phi) is 14.8. The number of nitrogens with two attached hydrogens (primary N) is 1. The highest BCUT2D eigenvalue weighted by molar-refractivity contribution is 5.99. The number of ketones is 1. The molecule has 17 atom stereocenters. The van der Waals surface area contributed by atoms with E-state index in [0.29, 0.717) is 55.1 Å². The van der Waals surface area contributed by atoms with Crippen molar-refractivity contribution in [2.45, 2.75) is 153 Å². The molecule has 0 radical (unpaired) electrons.